The summed E-state index contributed by atoms with van der Waals surface area (Å²) < 4.78 is 0. The number of aromatic nitrogens is 1. The minimum absolute atomic E-state index is 0.430. The summed E-state index contributed by atoms with van der Waals surface area (Å²) in [5.74, 6) is 0.982. The lowest BCUT2D eigenvalue weighted by atomic mass is 10.1. The van der Waals surface area contributed by atoms with Crippen LogP contribution in [0.2, 0.25) is 0 Å². The molecule has 1 N–H and O–H groups in total. The number of hydrogen-bond donors (Lipinski definition) is 1. The van der Waals surface area contributed by atoms with Crippen molar-refractivity contribution in [3.63, 3.8) is 0 Å². The molecule has 0 saturated carbocycles. The topological polar surface area (TPSA) is 39.6 Å². The summed E-state index contributed by atoms with van der Waals surface area (Å²) in [4.78, 5) is 9.22. The van der Waals surface area contributed by atoms with Crippen molar-refractivity contribution in [1.82, 2.24) is 9.88 Å². The second-order valence-corrected chi connectivity index (χ2v) is 5.05. The van der Waals surface area contributed by atoms with Crippen LogP contribution < -0.4 is 4.90 Å². The van der Waals surface area contributed by atoms with Crippen molar-refractivity contribution in [3.05, 3.63) is 23.9 Å². The molecule has 1 aromatic heterocycles. The molecule has 1 aromatic rings. The van der Waals surface area contributed by atoms with Crippen molar-refractivity contribution in [3.8, 4) is 0 Å². The van der Waals surface area contributed by atoms with Gasteiger partial charge in [-0.3, -0.25) is 4.90 Å². The molecule has 4 nitrogen and oxygen atoms in total. The van der Waals surface area contributed by atoms with E-state index in [0.717, 1.165) is 37.6 Å². The van der Waals surface area contributed by atoms with Crippen molar-refractivity contribution in [2.24, 2.45) is 0 Å². The van der Waals surface area contributed by atoms with Crippen molar-refractivity contribution in [1.29, 1.82) is 0 Å². The molecule has 1 aliphatic heterocycles. The molecule has 1 saturated heterocycles. The highest BCUT2D eigenvalue weighted by molar-refractivity contribution is 5.42. The Balaban J connectivity index is 2.10. The number of likely N-dealkylation sites (N-methyl/N-ethyl adjacent to an activating group) is 1. The fourth-order valence-corrected chi connectivity index (χ4v) is 2.54. The van der Waals surface area contributed by atoms with Gasteiger partial charge in [0.15, 0.2) is 0 Å². The summed E-state index contributed by atoms with van der Waals surface area (Å²) in [5, 5.41) is 9.62. The average Bonchev–Trinajstić information content (AvgIpc) is 2.38. The lowest BCUT2D eigenvalue weighted by molar-refractivity contribution is 0.197. The highest BCUT2D eigenvalue weighted by atomic mass is 16.3. The predicted molar refractivity (Wildman–Crippen MR) is 73.8 cm³/mol. The number of nitrogens with zero attached hydrogens (tertiary/aromatic N) is 3. The normalized spacial score (nSPS) is 23.1. The van der Waals surface area contributed by atoms with E-state index in [1.165, 1.54) is 0 Å². The molecule has 1 aliphatic rings. The quantitative estimate of drug-likeness (QED) is 0.884. The van der Waals surface area contributed by atoms with Gasteiger partial charge in [-0.2, -0.15) is 0 Å². The Morgan fingerprint density at radius 3 is 2.89 bits per heavy atom. The molecule has 100 valence electrons. The Kier molecular flexibility index (Phi) is 4.19. The Morgan fingerprint density at radius 2 is 2.28 bits per heavy atom. The molecule has 2 atom stereocenters. The first-order valence-corrected chi connectivity index (χ1v) is 6.74. The largest absolute Gasteiger partial charge is 0.389 e. The van der Waals surface area contributed by atoms with E-state index in [4.69, 9.17) is 0 Å². The molecule has 18 heavy (non-hydrogen) atoms. The van der Waals surface area contributed by atoms with Crippen LogP contribution in [0, 0.1) is 0 Å². The van der Waals surface area contributed by atoms with E-state index in [1.54, 1.807) is 13.1 Å². The fourth-order valence-electron chi connectivity index (χ4n) is 2.54. The van der Waals surface area contributed by atoms with Gasteiger partial charge in [0.25, 0.3) is 0 Å². The Labute approximate surface area is 109 Å². The van der Waals surface area contributed by atoms with Gasteiger partial charge in [0, 0.05) is 31.9 Å². The van der Waals surface area contributed by atoms with Crippen LogP contribution in [0.3, 0.4) is 0 Å². The van der Waals surface area contributed by atoms with Crippen LogP contribution in [-0.4, -0.2) is 47.2 Å². The Bertz CT molecular complexity index is 394. The second-order valence-electron chi connectivity index (χ2n) is 5.05. The highest BCUT2D eigenvalue weighted by Gasteiger charge is 2.23. The lowest BCUT2D eigenvalue weighted by Gasteiger charge is -2.40. The van der Waals surface area contributed by atoms with Crippen LogP contribution in [-0.2, 0) is 0 Å². The lowest BCUT2D eigenvalue weighted by Crippen LogP contribution is -2.52. The number of rotatable bonds is 3. The maximum Gasteiger partial charge on any atom is 0.128 e. The summed E-state index contributed by atoms with van der Waals surface area (Å²) in [7, 11) is 0. The van der Waals surface area contributed by atoms with E-state index >= 15 is 0 Å². The third kappa shape index (κ3) is 2.82. The molecule has 1 unspecified atom stereocenters. The molecule has 2 rings (SSSR count). The van der Waals surface area contributed by atoms with E-state index in [2.05, 4.69) is 28.6 Å². The van der Waals surface area contributed by atoms with E-state index in [-0.39, 0.29) is 0 Å². The van der Waals surface area contributed by atoms with Crippen molar-refractivity contribution in [2.45, 2.75) is 32.9 Å². The summed E-state index contributed by atoms with van der Waals surface area (Å²) in [6.45, 7) is 10.5. The average molecular weight is 249 g/mol. The van der Waals surface area contributed by atoms with Crippen LogP contribution in [0.5, 0.6) is 0 Å². The van der Waals surface area contributed by atoms with Crippen LogP contribution in [0.4, 0.5) is 5.82 Å². The van der Waals surface area contributed by atoms with Gasteiger partial charge in [0.2, 0.25) is 0 Å². The molecular formula is C14H23N3O. The molecule has 0 aromatic carbocycles. The number of piperazine rings is 1. The molecule has 0 aliphatic carbocycles. The molecule has 0 bridgehead atoms. The van der Waals surface area contributed by atoms with Crippen LogP contribution in [0.15, 0.2) is 18.3 Å². The van der Waals surface area contributed by atoms with Crippen LogP contribution in [0.1, 0.15) is 32.4 Å². The second kappa shape index (κ2) is 5.67. The number of hydrogen-bond acceptors (Lipinski definition) is 4. The smallest absolute Gasteiger partial charge is 0.128 e. The van der Waals surface area contributed by atoms with E-state index in [0.29, 0.717) is 6.04 Å². The van der Waals surface area contributed by atoms with E-state index in [9.17, 15) is 5.11 Å². The minimum Gasteiger partial charge on any atom is -0.389 e. The third-order valence-electron chi connectivity index (χ3n) is 3.75. The fraction of sp³-hybridized carbons (Fsp3) is 0.643. The summed E-state index contributed by atoms with van der Waals surface area (Å²) in [6, 6.07) is 4.43. The maximum absolute atomic E-state index is 9.62. The Hall–Kier alpha value is -1.13. The van der Waals surface area contributed by atoms with Crippen molar-refractivity contribution < 1.29 is 5.11 Å². The molecule has 0 amide bonds. The van der Waals surface area contributed by atoms with Crippen molar-refractivity contribution in [2.75, 3.05) is 31.1 Å². The number of aliphatic hydroxyl groups excluding tert-OH is 1. The predicted octanol–water partition coefficient (Wildman–Crippen LogP) is 1.67. The first-order chi connectivity index (χ1) is 8.61. The zero-order valence-corrected chi connectivity index (χ0v) is 11.5. The third-order valence-corrected chi connectivity index (χ3v) is 3.75. The molecule has 4 heteroatoms. The van der Waals surface area contributed by atoms with Crippen molar-refractivity contribution >= 4 is 5.82 Å². The van der Waals surface area contributed by atoms with Gasteiger partial charge in [-0.15, -0.1) is 0 Å². The summed E-state index contributed by atoms with van der Waals surface area (Å²) in [5.41, 5.74) is 0.936. The summed E-state index contributed by atoms with van der Waals surface area (Å²) >= 11 is 0. The molecule has 1 fully saturated rings. The van der Waals surface area contributed by atoms with Gasteiger partial charge in [-0.1, -0.05) is 6.92 Å². The van der Waals surface area contributed by atoms with Gasteiger partial charge in [-0.25, -0.2) is 4.98 Å². The van der Waals surface area contributed by atoms with Gasteiger partial charge in [-0.05, 0) is 38.1 Å². The molecule has 0 radical (unpaired) electrons. The molecule has 2 heterocycles. The van der Waals surface area contributed by atoms with Gasteiger partial charge >= 0.3 is 0 Å². The van der Waals surface area contributed by atoms with E-state index < -0.39 is 6.10 Å². The highest BCUT2D eigenvalue weighted by Crippen LogP contribution is 2.20. The first-order valence-electron chi connectivity index (χ1n) is 6.74. The van der Waals surface area contributed by atoms with Crippen LogP contribution >= 0.6 is 0 Å². The van der Waals surface area contributed by atoms with Gasteiger partial charge in [0.1, 0.15) is 5.82 Å². The van der Waals surface area contributed by atoms with Crippen LogP contribution in [0.25, 0.3) is 0 Å². The Morgan fingerprint density at radius 1 is 1.50 bits per heavy atom. The number of aliphatic hydroxyl groups is 1. The SMILES string of the molecule is CCN1CCN(c2cc([C@H](C)O)ccn2)CC1C. The minimum atomic E-state index is -0.430. The maximum atomic E-state index is 9.62. The summed E-state index contributed by atoms with van der Waals surface area (Å²) in [6.07, 6.45) is 1.36. The zero-order chi connectivity index (χ0) is 13.1. The number of anilines is 1. The number of pyridine rings is 1. The van der Waals surface area contributed by atoms with Gasteiger partial charge < -0.3 is 10.0 Å². The molecule has 0 spiro atoms. The first kappa shape index (κ1) is 13.3. The monoisotopic (exact) mass is 249 g/mol. The standard InChI is InChI=1S/C14H23N3O/c1-4-16-7-8-17(10-11(16)2)14-9-13(12(3)18)5-6-15-14/h5-6,9,11-12,18H,4,7-8,10H2,1-3H3/t11?,12-/m0/s1. The van der Waals surface area contributed by atoms with E-state index in [1.807, 2.05) is 12.1 Å². The van der Waals surface area contributed by atoms with Gasteiger partial charge in [0.05, 0.1) is 6.10 Å². The molecular weight excluding hydrogens is 226 g/mol. The zero-order valence-electron chi connectivity index (χ0n) is 11.5.